The van der Waals surface area contributed by atoms with E-state index in [2.05, 4.69) is 130 Å². The van der Waals surface area contributed by atoms with Gasteiger partial charge in [-0.25, -0.2) is 13.2 Å². The highest BCUT2D eigenvalue weighted by Crippen LogP contribution is 2.29. The highest BCUT2D eigenvalue weighted by molar-refractivity contribution is 5.73. The topological polar surface area (TPSA) is 0 Å². The van der Waals surface area contributed by atoms with Crippen LogP contribution in [0.15, 0.2) is 200 Å². The summed E-state index contributed by atoms with van der Waals surface area (Å²) in [5.41, 5.74) is 18.7. The normalized spacial score (nSPS) is 10.6. The monoisotopic (exact) mass is 828 g/mol. The van der Waals surface area contributed by atoms with E-state index < -0.39 is 0 Å². The average Bonchev–Trinajstić information content (AvgIpc) is 3.31. The fraction of sp³-hybridized carbons (Fsp3) is 0.100. The van der Waals surface area contributed by atoms with Crippen LogP contribution >= 0.6 is 0 Å². The summed E-state index contributed by atoms with van der Waals surface area (Å²) in [6.45, 7) is 11.6. The van der Waals surface area contributed by atoms with E-state index in [0.717, 1.165) is 33.4 Å². The summed E-state index contributed by atoms with van der Waals surface area (Å²) in [6, 6.07) is 66.2. The Morgan fingerprint density at radius 1 is 0.190 bits per heavy atom. The van der Waals surface area contributed by atoms with Gasteiger partial charge in [0, 0.05) is 0 Å². The van der Waals surface area contributed by atoms with Crippen molar-refractivity contribution in [3.8, 4) is 66.8 Å². The molecule has 0 spiro atoms. The van der Waals surface area contributed by atoms with Gasteiger partial charge in [-0.1, -0.05) is 199 Å². The van der Waals surface area contributed by atoms with Gasteiger partial charge < -0.3 is 0 Å². The van der Waals surface area contributed by atoms with Gasteiger partial charge in [0.1, 0.15) is 17.5 Å². The third-order valence-corrected chi connectivity index (χ3v) is 11.3. The second-order valence-electron chi connectivity index (χ2n) is 16.2. The van der Waals surface area contributed by atoms with Gasteiger partial charge in [0.05, 0.1) is 0 Å². The molecular formula is C60H51F3. The Labute approximate surface area is 371 Å². The van der Waals surface area contributed by atoms with E-state index in [4.69, 9.17) is 0 Å². The first-order chi connectivity index (χ1) is 30.4. The lowest BCUT2D eigenvalue weighted by molar-refractivity contribution is 0.618. The van der Waals surface area contributed by atoms with E-state index in [-0.39, 0.29) is 17.5 Å². The van der Waals surface area contributed by atoms with E-state index in [0.29, 0.717) is 16.7 Å². The van der Waals surface area contributed by atoms with Gasteiger partial charge in [0.2, 0.25) is 0 Å². The molecule has 0 saturated heterocycles. The SMILES string of the molecule is Cc1ccc(-c2ccc(-c3ccc(C)c(F)c3)cc2)cc1.Cc1ccc(-c2ccc(-c3ccc(C)c(F)c3)cc2)cc1.Cc1ccc(-c2ccc(-c3ccc(C)c(F)c3)cc2)cc1. The molecule has 0 aliphatic rings. The highest BCUT2D eigenvalue weighted by Gasteiger charge is 2.07. The summed E-state index contributed by atoms with van der Waals surface area (Å²) in [6.07, 6.45) is 0. The molecule has 0 atom stereocenters. The zero-order valence-electron chi connectivity index (χ0n) is 36.7. The number of hydrogen-bond acceptors (Lipinski definition) is 0. The lowest BCUT2D eigenvalue weighted by Crippen LogP contribution is -1.85. The molecule has 0 nitrogen and oxygen atoms in total. The van der Waals surface area contributed by atoms with E-state index in [1.165, 1.54) is 50.1 Å². The molecule has 0 heterocycles. The first kappa shape index (κ1) is 43.8. The molecule has 0 aliphatic heterocycles. The van der Waals surface area contributed by atoms with Crippen LogP contribution in [0.2, 0.25) is 0 Å². The number of aryl methyl sites for hydroxylation is 6. The smallest absolute Gasteiger partial charge is 0.126 e. The van der Waals surface area contributed by atoms with Crippen molar-refractivity contribution in [3.63, 3.8) is 0 Å². The molecule has 9 aromatic carbocycles. The second kappa shape index (κ2) is 20.1. The summed E-state index contributed by atoms with van der Waals surface area (Å²) in [4.78, 5) is 0. The Kier molecular flexibility index (Phi) is 14.0. The van der Waals surface area contributed by atoms with Gasteiger partial charge in [-0.15, -0.1) is 0 Å². The Bertz CT molecular complexity index is 2580. The second-order valence-corrected chi connectivity index (χ2v) is 16.2. The minimum absolute atomic E-state index is 0.157. The van der Waals surface area contributed by atoms with Crippen LogP contribution in [-0.4, -0.2) is 0 Å². The van der Waals surface area contributed by atoms with Crippen LogP contribution in [0.5, 0.6) is 0 Å². The molecular weight excluding hydrogens is 778 g/mol. The third-order valence-electron chi connectivity index (χ3n) is 11.3. The molecule has 9 aromatic rings. The van der Waals surface area contributed by atoms with Crippen molar-refractivity contribution in [2.45, 2.75) is 41.5 Å². The Hall–Kier alpha value is -7.23. The molecule has 0 unspecified atom stereocenters. The van der Waals surface area contributed by atoms with Crippen molar-refractivity contribution in [2.75, 3.05) is 0 Å². The van der Waals surface area contributed by atoms with E-state index in [1.807, 2.05) is 72.8 Å². The number of rotatable bonds is 6. The van der Waals surface area contributed by atoms with Crippen LogP contribution in [0.25, 0.3) is 66.8 Å². The molecule has 0 saturated carbocycles. The maximum Gasteiger partial charge on any atom is 0.126 e. The molecule has 9 rings (SSSR count). The molecule has 0 bridgehead atoms. The molecule has 0 aromatic heterocycles. The van der Waals surface area contributed by atoms with Crippen LogP contribution in [0, 0.1) is 59.0 Å². The maximum absolute atomic E-state index is 13.6. The van der Waals surface area contributed by atoms with Gasteiger partial charge in [-0.3, -0.25) is 0 Å². The fourth-order valence-electron chi connectivity index (χ4n) is 7.12. The molecule has 0 amide bonds. The summed E-state index contributed by atoms with van der Waals surface area (Å²) in [7, 11) is 0. The van der Waals surface area contributed by atoms with E-state index >= 15 is 0 Å². The highest BCUT2D eigenvalue weighted by atomic mass is 19.1. The quantitative estimate of drug-likeness (QED) is 0.157. The van der Waals surface area contributed by atoms with Gasteiger partial charge >= 0.3 is 0 Å². The fourth-order valence-corrected chi connectivity index (χ4v) is 7.12. The molecule has 0 radical (unpaired) electrons. The first-order valence-corrected chi connectivity index (χ1v) is 21.2. The predicted molar refractivity (Wildman–Crippen MR) is 260 cm³/mol. The Morgan fingerprint density at radius 3 is 0.508 bits per heavy atom. The van der Waals surface area contributed by atoms with Crippen LogP contribution in [-0.2, 0) is 0 Å². The summed E-state index contributed by atoms with van der Waals surface area (Å²) >= 11 is 0. The van der Waals surface area contributed by atoms with E-state index in [9.17, 15) is 13.2 Å². The standard InChI is InChI=1S/3C20H17F/c3*1-14-3-6-16(7-4-14)17-9-11-18(12-10-17)19-8-5-15(2)20(21)13-19/h3*3-13H,1-2H3. The zero-order chi connectivity index (χ0) is 44.5. The minimum atomic E-state index is -0.157. The number of halogens is 3. The van der Waals surface area contributed by atoms with Crippen LogP contribution in [0.4, 0.5) is 13.2 Å². The lowest BCUT2D eigenvalue weighted by atomic mass is 9.99. The molecule has 3 heteroatoms. The first-order valence-electron chi connectivity index (χ1n) is 21.2. The summed E-state index contributed by atoms with van der Waals surface area (Å²) < 4.78 is 40.9. The Morgan fingerprint density at radius 2 is 0.333 bits per heavy atom. The Balaban J connectivity index is 0.000000142. The summed E-state index contributed by atoms with van der Waals surface area (Å²) in [5, 5.41) is 0. The third kappa shape index (κ3) is 11.4. The van der Waals surface area contributed by atoms with Crippen LogP contribution in [0.3, 0.4) is 0 Å². The van der Waals surface area contributed by atoms with Gasteiger partial charge in [0.15, 0.2) is 0 Å². The van der Waals surface area contributed by atoms with Crippen LogP contribution in [0.1, 0.15) is 33.4 Å². The van der Waals surface area contributed by atoms with Crippen molar-refractivity contribution >= 4 is 0 Å². The van der Waals surface area contributed by atoms with Crippen molar-refractivity contribution < 1.29 is 13.2 Å². The summed E-state index contributed by atoms with van der Waals surface area (Å²) in [5.74, 6) is -0.472. The molecule has 312 valence electrons. The largest absolute Gasteiger partial charge is 0.207 e. The van der Waals surface area contributed by atoms with Gasteiger partial charge in [-0.2, -0.15) is 0 Å². The van der Waals surface area contributed by atoms with Crippen molar-refractivity contribution in [1.82, 2.24) is 0 Å². The zero-order valence-corrected chi connectivity index (χ0v) is 36.7. The van der Waals surface area contributed by atoms with Gasteiger partial charge in [0.25, 0.3) is 0 Å². The maximum atomic E-state index is 13.6. The minimum Gasteiger partial charge on any atom is -0.207 e. The van der Waals surface area contributed by atoms with Gasteiger partial charge in [-0.05, 0) is 143 Å². The molecule has 0 N–H and O–H groups in total. The van der Waals surface area contributed by atoms with Crippen LogP contribution < -0.4 is 0 Å². The molecule has 63 heavy (non-hydrogen) atoms. The van der Waals surface area contributed by atoms with Crippen molar-refractivity contribution in [3.05, 3.63) is 251 Å². The lowest BCUT2D eigenvalue weighted by Gasteiger charge is -2.06. The molecule has 0 fully saturated rings. The number of hydrogen-bond donors (Lipinski definition) is 0. The van der Waals surface area contributed by atoms with Crippen molar-refractivity contribution in [1.29, 1.82) is 0 Å². The predicted octanol–water partition coefficient (Wildman–Crippen LogP) is 17.3. The molecule has 0 aliphatic carbocycles. The number of benzene rings is 9. The average molecular weight is 829 g/mol. The van der Waals surface area contributed by atoms with Crippen molar-refractivity contribution in [2.24, 2.45) is 0 Å². The van der Waals surface area contributed by atoms with E-state index in [1.54, 1.807) is 39.0 Å².